The van der Waals surface area contributed by atoms with E-state index in [2.05, 4.69) is 0 Å². The van der Waals surface area contributed by atoms with Gasteiger partial charge in [0.05, 0.1) is 11.4 Å². The van der Waals surface area contributed by atoms with Gasteiger partial charge in [-0.05, 0) is 109 Å². The molecule has 0 radical (unpaired) electrons. The molecule has 0 bridgehead atoms. The fraction of sp³-hybridized carbons (Fsp3) is 0. The van der Waals surface area contributed by atoms with E-state index in [0.717, 1.165) is 0 Å². The summed E-state index contributed by atoms with van der Waals surface area (Å²) in [4.78, 5) is 0. The first kappa shape index (κ1) is 31.5. The van der Waals surface area contributed by atoms with Crippen LogP contribution < -0.4 is 39.9 Å². The predicted molar refractivity (Wildman–Crippen MR) is 194 cm³/mol. The van der Waals surface area contributed by atoms with Crippen molar-refractivity contribution in [3.05, 3.63) is 170 Å². The molecular formula is C42H32N2O6. The number of benzene rings is 7. The number of anilines is 2. The Hall–Kier alpha value is -7.06. The van der Waals surface area contributed by atoms with Gasteiger partial charge in [-0.25, -0.2) is 0 Å². The first-order chi connectivity index (χ1) is 24.6. The van der Waals surface area contributed by atoms with E-state index in [-0.39, 0.29) is 0 Å². The van der Waals surface area contributed by atoms with Crippen molar-refractivity contribution in [3.63, 3.8) is 0 Å². The lowest BCUT2D eigenvalue weighted by Gasteiger charge is -2.17. The molecule has 8 heteroatoms. The van der Waals surface area contributed by atoms with E-state index in [0.29, 0.717) is 80.4 Å². The standard InChI is InChI=1S/C42H32N2O6/c43-33-11-1-3-13-35(33)45-29-21-25-31(26-22-29)47-37-15-5-7-17-39(37)49-41-19-9-10-20-42(41)50-40-18-8-6-16-38(40)48-32-27-23-30(24-28-32)46-36-14-4-2-12-34(36)44/h1-28H,43-44H2. The molecule has 8 nitrogen and oxygen atoms in total. The van der Waals surface area contributed by atoms with E-state index >= 15 is 0 Å². The molecular weight excluding hydrogens is 628 g/mol. The van der Waals surface area contributed by atoms with Crippen LogP contribution in [0.15, 0.2) is 170 Å². The Morgan fingerprint density at radius 3 is 0.680 bits per heavy atom. The third-order valence-electron chi connectivity index (χ3n) is 7.38. The van der Waals surface area contributed by atoms with Crippen molar-refractivity contribution in [2.24, 2.45) is 0 Å². The van der Waals surface area contributed by atoms with Crippen molar-refractivity contribution in [2.75, 3.05) is 11.5 Å². The number of hydrogen-bond acceptors (Lipinski definition) is 8. The number of nitrogen functional groups attached to an aromatic ring is 2. The van der Waals surface area contributed by atoms with Crippen LogP contribution in [0, 0.1) is 0 Å². The Morgan fingerprint density at radius 1 is 0.220 bits per heavy atom. The van der Waals surface area contributed by atoms with Gasteiger partial charge in [-0.2, -0.15) is 0 Å². The summed E-state index contributed by atoms with van der Waals surface area (Å²) in [6.07, 6.45) is 0. The van der Waals surface area contributed by atoms with Gasteiger partial charge >= 0.3 is 0 Å². The number of hydrogen-bond donors (Lipinski definition) is 2. The number of rotatable bonds is 12. The summed E-state index contributed by atoms with van der Waals surface area (Å²) in [5.41, 5.74) is 13.2. The molecule has 0 aliphatic rings. The average Bonchev–Trinajstić information content (AvgIpc) is 3.14. The number of ether oxygens (including phenoxy) is 6. The zero-order valence-corrected chi connectivity index (χ0v) is 26.8. The highest BCUT2D eigenvalue weighted by atomic mass is 16.6. The maximum Gasteiger partial charge on any atom is 0.170 e. The normalized spacial score (nSPS) is 10.6. The molecule has 7 aromatic carbocycles. The first-order valence-electron chi connectivity index (χ1n) is 15.8. The van der Waals surface area contributed by atoms with Gasteiger partial charge in [0, 0.05) is 0 Å². The minimum absolute atomic E-state index is 0.490. The molecule has 0 aliphatic carbocycles. The van der Waals surface area contributed by atoms with Crippen LogP contribution in [0.3, 0.4) is 0 Å². The summed E-state index contributed by atoms with van der Waals surface area (Å²) in [5, 5.41) is 0. The average molecular weight is 661 g/mol. The minimum atomic E-state index is 0.490. The lowest BCUT2D eigenvalue weighted by Crippen LogP contribution is -1.95. The summed E-state index contributed by atoms with van der Waals surface area (Å²) in [7, 11) is 0. The van der Waals surface area contributed by atoms with Crippen LogP contribution in [0.2, 0.25) is 0 Å². The largest absolute Gasteiger partial charge is 0.455 e. The van der Waals surface area contributed by atoms with E-state index in [4.69, 9.17) is 39.9 Å². The van der Waals surface area contributed by atoms with Crippen LogP contribution in [0.25, 0.3) is 0 Å². The lowest BCUT2D eigenvalue weighted by molar-refractivity contribution is 0.382. The first-order valence-corrected chi connectivity index (χ1v) is 15.8. The smallest absolute Gasteiger partial charge is 0.170 e. The zero-order chi connectivity index (χ0) is 34.1. The molecule has 0 amide bonds. The van der Waals surface area contributed by atoms with Crippen LogP contribution in [0.4, 0.5) is 11.4 Å². The van der Waals surface area contributed by atoms with E-state index in [1.807, 2.05) is 158 Å². The fourth-order valence-electron chi connectivity index (χ4n) is 4.90. The second kappa shape index (κ2) is 14.8. The molecule has 0 spiro atoms. The Kier molecular flexibility index (Phi) is 9.33. The highest BCUT2D eigenvalue weighted by Crippen LogP contribution is 2.42. The van der Waals surface area contributed by atoms with Gasteiger partial charge in [0.15, 0.2) is 34.5 Å². The molecule has 0 atom stereocenters. The molecule has 0 saturated heterocycles. The monoisotopic (exact) mass is 660 g/mol. The fourth-order valence-corrected chi connectivity index (χ4v) is 4.90. The van der Waals surface area contributed by atoms with Gasteiger partial charge in [0.1, 0.15) is 34.5 Å². The summed E-state index contributed by atoms with van der Waals surface area (Å²) >= 11 is 0. The van der Waals surface area contributed by atoms with Crippen molar-refractivity contribution >= 4 is 11.4 Å². The molecule has 0 heterocycles. The molecule has 4 N–H and O–H groups in total. The van der Waals surface area contributed by atoms with Crippen LogP contribution in [-0.2, 0) is 0 Å². The van der Waals surface area contributed by atoms with Gasteiger partial charge in [0.2, 0.25) is 0 Å². The molecule has 7 rings (SSSR count). The third-order valence-corrected chi connectivity index (χ3v) is 7.38. The molecule has 50 heavy (non-hydrogen) atoms. The maximum atomic E-state index is 6.38. The number of nitrogens with two attached hydrogens (primary N) is 2. The topological polar surface area (TPSA) is 107 Å². The molecule has 246 valence electrons. The number of para-hydroxylation sites is 10. The van der Waals surface area contributed by atoms with Crippen LogP contribution in [-0.4, -0.2) is 0 Å². The van der Waals surface area contributed by atoms with Crippen molar-refractivity contribution in [1.29, 1.82) is 0 Å². The van der Waals surface area contributed by atoms with Gasteiger partial charge < -0.3 is 39.9 Å². The quantitative estimate of drug-likeness (QED) is 0.125. The van der Waals surface area contributed by atoms with Crippen molar-refractivity contribution in [1.82, 2.24) is 0 Å². The van der Waals surface area contributed by atoms with Crippen LogP contribution in [0.1, 0.15) is 0 Å². The Morgan fingerprint density at radius 2 is 0.420 bits per heavy atom. The van der Waals surface area contributed by atoms with Crippen molar-refractivity contribution in [2.45, 2.75) is 0 Å². The summed E-state index contributed by atoms with van der Waals surface area (Å²) < 4.78 is 37.0. The van der Waals surface area contributed by atoms with Crippen molar-refractivity contribution in [3.8, 4) is 69.0 Å². The minimum Gasteiger partial charge on any atom is -0.455 e. The lowest BCUT2D eigenvalue weighted by atomic mass is 10.2. The maximum absolute atomic E-state index is 6.38. The molecule has 7 aromatic rings. The van der Waals surface area contributed by atoms with Gasteiger partial charge in [-0.15, -0.1) is 0 Å². The SMILES string of the molecule is Nc1ccccc1Oc1ccc(Oc2ccccc2Oc2ccccc2Oc2ccccc2Oc2ccc(Oc3ccccc3N)cc2)cc1. The Balaban J connectivity index is 1.04. The summed E-state index contributed by atoms with van der Waals surface area (Å²) in [6, 6.07) is 51.5. The van der Waals surface area contributed by atoms with E-state index in [9.17, 15) is 0 Å². The molecule has 0 unspecified atom stereocenters. The Labute approximate surface area is 289 Å². The molecule has 0 aromatic heterocycles. The second-order valence-electron chi connectivity index (χ2n) is 11.0. The van der Waals surface area contributed by atoms with Gasteiger partial charge in [-0.1, -0.05) is 60.7 Å². The summed E-state index contributed by atoms with van der Waals surface area (Å²) in [6.45, 7) is 0. The zero-order valence-electron chi connectivity index (χ0n) is 26.8. The molecule has 0 aliphatic heterocycles. The van der Waals surface area contributed by atoms with Gasteiger partial charge in [0.25, 0.3) is 0 Å². The van der Waals surface area contributed by atoms with Gasteiger partial charge in [-0.3, -0.25) is 0 Å². The predicted octanol–water partition coefficient (Wildman–Crippen LogP) is 11.6. The van der Waals surface area contributed by atoms with E-state index < -0.39 is 0 Å². The van der Waals surface area contributed by atoms with E-state index in [1.165, 1.54) is 0 Å². The highest BCUT2D eigenvalue weighted by molar-refractivity contribution is 5.56. The van der Waals surface area contributed by atoms with Crippen molar-refractivity contribution < 1.29 is 28.4 Å². The van der Waals surface area contributed by atoms with E-state index in [1.54, 1.807) is 12.1 Å². The summed E-state index contributed by atoms with van der Waals surface area (Å²) in [5.74, 6) is 6.69. The van der Waals surface area contributed by atoms with Crippen LogP contribution in [0.5, 0.6) is 69.0 Å². The third kappa shape index (κ3) is 7.73. The molecule has 0 saturated carbocycles. The highest BCUT2D eigenvalue weighted by Gasteiger charge is 2.15. The molecule has 0 fully saturated rings. The van der Waals surface area contributed by atoms with Crippen LogP contribution >= 0.6 is 0 Å². The Bertz CT molecular complexity index is 2050. The second-order valence-corrected chi connectivity index (χ2v) is 11.0.